The van der Waals surface area contributed by atoms with Crippen LogP contribution in [0.25, 0.3) is 53.6 Å². The zero-order chi connectivity index (χ0) is 62.4. The number of thiophene rings is 2. The van der Waals surface area contributed by atoms with Crippen LogP contribution in [0.1, 0.15) is 16.7 Å². The van der Waals surface area contributed by atoms with Gasteiger partial charge in [0.2, 0.25) is 0 Å². The van der Waals surface area contributed by atoms with Crippen LogP contribution in [0.15, 0.2) is 243 Å². The molecule has 444 valence electrons. The number of nitrogens with one attached hydrogen (secondary N) is 1. The number of aryl methyl sites for hydroxylation is 3. The van der Waals surface area contributed by atoms with Gasteiger partial charge in [-0.2, -0.15) is 0 Å². The highest BCUT2D eigenvalue weighted by Crippen LogP contribution is 2.52. The molecule has 13 heteroatoms. The van der Waals surface area contributed by atoms with E-state index in [2.05, 4.69) is 300 Å². The van der Waals surface area contributed by atoms with Crippen molar-refractivity contribution in [3.63, 3.8) is 0 Å². The largest absolute Gasteiger partial charge is 0.458 e. The van der Waals surface area contributed by atoms with Gasteiger partial charge in [-0.3, -0.25) is 8.61 Å². The van der Waals surface area contributed by atoms with Crippen molar-refractivity contribution in [1.29, 1.82) is 0 Å². The molecule has 0 radical (unpaired) electrons. The maximum Gasteiger partial charge on any atom is 0.264 e. The first kappa shape index (κ1) is 54.8. The van der Waals surface area contributed by atoms with E-state index < -0.39 is 0 Å². The molecule has 0 amide bonds. The Morgan fingerprint density at radius 2 is 0.809 bits per heavy atom. The molecule has 0 saturated heterocycles. The van der Waals surface area contributed by atoms with Crippen LogP contribution in [0, 0.1) is 20.8 Å². The quantitative estimate of drug-likeness (QED) is 0.125. The molecule has 94 heavy (non-hydrogen) atoms. The average Bonchev–Trinajstić information content (AvgIpc) is 1.25. The number of rotatable bonds is 7. The van der Waals surface area contributed by atoms with Gasteiger partial charge in [-0.25, -0.2) is 0 Å². The van der Waals surface area contributed by atoms with Crippen molar-refractivity contribution < 1.29 is 4.74 Å². The molecule has 0 fully saturated rings. The average molecular weight is 1280 g/mol. The summed E-state index contributed by atoms with van der Waals surface area (Å²) in [5.74, 6) is 1.78. The molecular weight excluding hydrogens is 1220 g/mol. The van der Waals surface area contributed by atoms with E-state index in [1.54, 1.807) is 23.9 Å². The summed E-state index contributed by atoms with van der Waals surface area (Å²) in [6, 6.07) is 91.5. The zero-order valence-corrected chi connectivity index (χ0v) is 55.4. The molecular formula is C81H56B3N5OS4. The van der Waals surface area contributed by atoms with E-state index in [4.69, 9.17) is 4.74 Å². The molecule has 8 heterocycles. The molecule has 0 unspecified atom stereocenters. The number of hydrogen-bond acceptors (Lipinski definition) is 10. The highest BCUT2D eigenvalue weighted by Gasteiger charge is 2.51. The lowest BCUT2D eigenvalue weighted by Crippen LogP contribution is -2.65. The van der Waals surface area contributed by atoms with Gasteiger partial charge in [-0.05, 0) is 212 Å². The number of hydrogen-bond donors (Lipinski definition) is 1. The summed E-state index contributed by atoms with van der Waals surface area (Å²) >= 11 is 7.44. The molecule has 14 aromatic rings. The van der Waals surface area contributed by atoms with Crippen LogP contribution in [-0.2, 0) is 0 Å². The standard InChI is InChI=1S/C81H56B3N5OS4/c1-46-22-12-15-29-54(46)49-36-64-75-67(37-49)86(52-25-8-6-9-26-52)78-57-32-18-20-34-73(57)93-80(78)83(75)59-42-60-65(44-63(59)85-64)88(91-4)70-40-51(56-31-17-14-24-48(56)3)41-72-77(70)82(60)62-43-61-66(45-71(62)90-72)89(92-5)69-39-50(55-30-16-13-23-47(55)2)38-68-76(69)84(61)81-79(58-33-19-21-35-74(58)94-81)87(68)53-27-10-7-11-28-53/h6-45,85H,1-5H3. The van der Waals surface area contributed by atoms with Crippen LogP contribution in [0.2, 0.25) is 0 Å². The Hall–Kier alpha value is -9.75. The number of nitrogens with zero attached hydrogens (tertiary/aromatic N) is 4. The minimum absolute atomic E-state index is 0.0736. The summed E-state index contributed by atoms with van der Waals surface area (Å²) in [5, 5.41) is 6.77. The lowest BCUT2D eigenvalue weighted by Gasteiger charge is -2.44. The molecule has 0 saturated carbocycles. The van der Waals surface area contributed by atoms with Crippen molar-refractivity contribution in [2.45, 2.75) is 20.8 Å². The Morgan fingerprint density at radius 3 is 1.37 bits per heavy atom. The summed E-state index contributed by atoms with van der Waals surface area (Å²) < 4.78 is 18.0. The molecule has 1 N–H and O–H groups in total. The van der Waals surface area contributed by atoms with Gasteiger partial charge in [0, 0.05) is 88.1 Å². The van der Waals surface area contributed by atoms with E-state index in [0.717, 1.165) is 51.2 Å². The van der Waals surface area contributed by atoms with Crippen molar-refractivity contribution in [2.75, 3.05) is 36.2 Å². The first-order chi connectivity index (χ1) is 46.3. The van der Waals surface area contributed by atoms with Crippen LogP contribution in [0.5, 0.6) is 11.5 Å². The highest BCUT2D eigenvalue weighted by molar-refractivity contribution is 8.00. The van der Waals surface area contributed by atoms with E-state index in [9.17, 15) is 0 Å². The van der Waals surface area contributed by atoms with Crippen molar-refractivity contribution >= 4 is 203 Å². The van der Waals surface area contributed by atoms with Gasteiger partial charge in [0.15, 0.2) is 0 Å². The minimum atomic E-state index is -0.192. The van der Waals surface area contributed by atoms with Crippen LogP contribution >= 0.6 is 46.6 Å². The fourth-order valence-corrected chi connectivity index (χ4v) is 20.7. The summed E-state index contributed by atoms with van der Waals surface area (Å²) in [5.41, 5.74) is 33.9. The van der Waals surface area contributed by atoms with Gasteiger partial charge in [0.1, 0.15) is 11.5 Å². The topological polar surface area (TPSA) is 34.2 Å². The van der Waals surface area contributed by atoms with Crippen LogP contribution in [0.3, 0.4) is 0 Å². The molecule has 20 rings (SSSR count). The molecule has 6 aliphatic heterocycles. The van der Waals surface area contributed by atoms with E-state index >= 15 is 0 Å². The molecule has 0 aliphatic carbocycles. The smallest absolute Gasteiger partial charge is 0.264 e. The Balaban J connectivity index is 0.860. The normalized spacial score (nSPS) is 13.9. The predicted molar refractivity (Wildman–Crippen MR) is 411 cm³/mol. The number of fused-ring (bicyclic) bond motifs is 16. The molecule has 0 spiro atoms. The molecule has 12 aromatic carbocycles. The molecule has 6 nitrogen and oxygen atoms in total. The van der Waals surface area contributed by atoms with Crippen LogP contribution < -0.4 is 76.3 Å². The Morgan fingerprint density at radius 1 is 0.362 bits per heavy atom. The zero-order valence-electron chi connectivity index (χ0n) is 52.2. The summed E-state index contributed by atoms with van der Waals surface area (Å²) in [6.07, 6.45) is 4.47. The van der Waals surface area contributed by atoms with Crippen molar-refractivity contribution in [3.8, 4) is 44.9 Å². The number of para-hydroxylation sites is 2. The molecule has 2 aromatic heterocycles. The van der Waals surface area contributed by atoms with Crippen molar-refractivity contribution in [1.82, 2.24) is 0 Å². The van der Waals surface area contributed by atoms with E-state index in [0.29, 0.717) is 0 Å². The maximum atomic E-state index is 7.71. The second-order valence-corrected chi connectivity index (χ2v) is 29.3. The maximum absolute atomic E-state index is 7.71. The Kier molecular flexibility index (Phi) is 12.0. The third kappa shape index (κ3) is 7.72. The van der Waals surface area contributed by atoms with E-state index in [-0.39, 0.29) is 20.1 Å². The summed E-state index contributed by atoms with van der Waals surface area (Å²) in [4.78, 5) is 5.14. The first-order valence-corrected chi connectivity index (χ1v) is 36.2. The summed E-state index contributed by atoms with van der Waals surface area (Å²) in [6.45, 7) is 6.35. The lowest BCUT2D eigenvalue weighted by molar-refractivity contribution is 0.488. The number of ether oxygens (including phenoxy) is 1. The van der Waals surface area contributed by atoms with Gasteiger partial charge < -0.3 is 19.9 Å². The third-order valence-electron chi connectivity index (χ3n) is 20.7. The van der Waals surface area contributed by atoms with Crippen LogP contribution in [-0.4, -0.2) is 32.6 Å². The predicted octanol–water partition coefficient (Wildman–Crippen LogP) is 16.8. The number of benzene rings is 12. The third-order valence-corrected chi connectivity index (χ3v) is 24.6. The minimum Gasteiger partial charge on any atom is -0.458 e. The Labute approximate surface area is 564 Å². The molecule has 0 bridgehead atoms. The van der Waals surface area contributed by atoms with Gasteiger partial charge in [0.25, 0.3) is 20.1 Å². The van der Waals surface area contributed by atoms with E-state index in [1.807, 2.05) is 22.7 Å². The molecule has 0 atom stereocenters. The van der Waals surface area contributed by atoms with Gasteiger partial charge >= 0.3 is 0 Å². The second-order valence-electron chi connectivity index (χ2n) is 25.6. The number of anilines is 12. The van der Waals surface area contributed by atoms with Gasteiger partial charge in [0.05, 0.1) is 28.4 Å². The van der Waals surface area contributed by atoms with Crippen LogP contribution in [0.4, 0.5) is 68.2 Å². The fourth-order valence-electron chi connectivity index (χ4n) is 16.7. The SMILES string of the molecule is CSN1c2cc3c(cc2B2c4cc5c(cc4Oc4cc(-c6ccccc6C)cc1c42)N(SC)c1cc(-c2ccccc2C)cc2c1B5c1sc4ccccc4c1N2c1ccccc1)B1c2sc4ccccc4c2N(c2ccccc2)c2cc(-c4ccccc4C)cc(c21)N3. The highest BCUT2D eigenvalue weighted by atomic mass is 32.2. The van der Waals surface area contributed by atoms with E-state index in [1.165, 1.54) is 147 Å². The summed E-state index contributed by atoms with van der Waals surface area (Å²) in [7, 11) is 0. The van der Waals surface area contributed by atoms with Crippen molar-refractivity contribution in [2.24, 2.45) is 0 Å². The second kappa shape index (κ2) is 20.6. The fraction of sp³-hybridized carbons (Fsp3) is 0.0617. The van der Waals surface area contributed by atoms with Gasteiger partial charge in [-0.15, -0.1) is 22.7 Å². The Bertz CT molecular complexity index is 5620. The first-order valence-electron chi connectivity index (χ1n) is 32.2. The lowest BCUT2D eigenvalue weighted by atomic mass is 9.30. The van der Waals surface area contributed by atoms with Gasteiger partial charge in [-0.1, -0.05) is 158 Å². The monoisotopic (exact) mass is 1280 g/mol. The van der Waals surface area contributed by atoms with Crippen molar-refractivity contribution in [3.05, 3.63) is 259 Å². The molecule has 6 aliphatic rings.